The molecule has 0 saturated carbocycles. The summed E-state index contributed by atoms with van der Waals surface area (Å²) in [6.07, 6.45) is 7.21. The number of likely N-dealkylation sites (tertiary alicyclic amines) is 1. The predicted molar refractivity (Wildman–Crippen MR) is 127 cm³/mol. The number of aromatic nitrogens is 2. The van der Waals surface area contributed by atoms with Crippen LogP contribution in [0.1, 0.15) is 24.0 Å². The first-order chi connectivity index (χ1) is 15.3. The Morgan fingerprint density at radius 1 is 1.00 bits per heavy atom. The van der Waals surface area contributed by atoms with Crippen molar-refractivity contribution in [1.29, 1.82) is 0 Å². The van der Waals surface area contributed by atoms with Crippen LogP contribution in [0.15, 0.2) is 78.0 Å². The third kappa shape index (κ3) is 6.18. The van der Waals surface area contributed by atoms with Gasteiger partial charge in [0.15, 0.2) is 5.96 Å². The number of nitrogens with one attached hydrogen (secondary N) is 2. The maximum atomic E-state index is 4.47. The van der Waals surface area contributed by atoms with Crippen molar-refractivity contribution >= 4 is 5.96 Å². The molecule has 6 heteroatoms. The molecule has 0 atom stereocenters. The summed E-state index contributed by atoms with van der Waals surface area (Å²) >= 11 is 0. The smallest absolute Gasteiger partial charge is 0.191 e. The molecule has 1 aliphatic rings. The van der Waals surface area contributed by atoms with Gasteiger partial charge in [-0.25, -0.2) is 4.68 Å². The largest absolute Gasteiger partial charge is 0.356 e. The van der Waals surface area contributed by atoms with Gasteiger partial charge in [-0.3, -0.25) is 9.89 Å². The van der Waals surface area contributed by atoms with E-state index in [0.717, 1.165) is 57.1 Å². The zero-order valence-electron chi connectivity index (χ0n) is 18.2. The lowest BCUT2D eigenvalue weighted by Crippen LogP contribution is -2.48. The molecule has 1 aliphatic heterocycles. The molecule has 4 rings (SSSR count). The molecule has 0 bridgehead atoms. The molecule has 3 aromatic rings. The molecule has 0 radical (unpaired) electrons. The molecule has 1 aromatic heterocycles. The molecule has 162 valence electrons. The van der Waals surface area contributed by atoms with Crippen LogP contribution in [0, 0.1) is 0 Å². The molecule has 0 aliphatic carbocycles. The predicted octanol–water partition coefficient (Wildman–Crippen LogP) is 3.24. The van der Waals surface area contributed by atoms with E-state index in [4.69, 9.17) is 0 Å². The van der Waals surface area contributed by atoms with Crippen LogP contribution in [-0.4, -0.2) is 53.4 Å². The van der Waals surface area contributed by atoms with E-state index in [1.807, 2.05) is 36.1 Å². The highest BCUT2D eigenvalue weighted by Gasteiger charge is 2.20. The fourth-order valence-electron chi connectivity index (χ4n) is 4.00. The number of rotatable bonds is 7. The van der Waals surface area contributed by atoms with Gasteiger partial charge in [0.25, 0.3) is 0 Å². The number of nitrogens with zero attached hydrogens (tertiary/aromatic N) is 4. The van der Waals surface area contributed by atoms with Crippen LogP contribution < -0.4 is 10.6 Å². The molecule has 0 unspecified atom stereocenters. The van der Waals surface area contributed by atoms with E-state index in [9.17, 15) is 0 Å². The summed E-state index contributed by atoms with van der Waals surface area (Å²) in [6.45, 7) is 4.09. The molecule has 31 heavy (non-hydrogen) atoms. The van der Waals surface area contributed by atoms with Gasteiger partial charge in [-0.2, -0.15) is 5.10 Å². The first kappa shape index (κ1) is 21.1. The lowest BCUT2D eigenvalue weighted by molar-refractivity contribution is 0.198. The van der Waals surface area contributed by atoms with Gasteiger partial charge in [-0.05, 0) is 42.5 Å². The van der Waals surface area contributed by atoms with Crippen molar-refractivity contribution < 1.29 is 0 Å². The third-order valence-corrected chi connectivity index (χ3v) is 5.76. The van der Waals surface area contributed by atoms with E-state index in [-0.39, 0.29) is 0 Å². The summed E-state index contributed by atoms with van der Waals surface area (Å²) < 4.78 is 1.92. The number of hydrogen-bond acceptors (Lipinski definition) is 3. The summed E-state index contributed by atoms with van der Waals surface area (Å²) in [4.78, 5) is 6.95. The second kappa shape index (κ2) is 10.8. The van der Waals surface area contributed by atoms with Gasteiger partial charge in [0.2, 0.25) is 0 Å². The first-order valence-electron chi connectivity index (χ1n) is 11.1. The zero-order chi connectivity index (χ0) is 21.3. The average Bonchev–Trinajstić information content (AvgIpc) is 3.30. The topological polar surface area (TPSA) is 57.5 Å². The Morgan fingerprint density at radius 3 is 2.42 bits per heavy atom. The monoisotopic (exact) mass is 416 g/mol. The summed E-state index contributed by atoms with van der Waals surface area (Å²) in [6, 6.07) is 21.4. The van der Waals surface area contributed by atoms with E-state index in [0.29, 0.717) is 6.04 Å². The van der Waals surface area contributed by atoms with E-state index in [2.05, 4.69) is 74.3 Å². The van der Waals surface area contributed by atoms with Gasteiger partial charge in [0.1, 0.15) is 0 Å². The van der Waals surface area contributed by atoms with E-state index >= 15 is 0 Å². The van der Waals surface area contributed by atoms with Crippen molar-refractivity contribution in [3.05, 3.63) is 84.2 Å². The molecule has 2 heterocycles. The average molecular weight is 417 g/mol. The summed E-state index contributed by atoms with van der Waals surface area (Å²) in [5.74, 6) is 0.886. The van der Waals surface area contributed by atoms with Crippen molar-refractivity contribution in [2.24, 2.45) is 4.99 Å². The lowest BCUT2D eigenvalue weighted by atomic mass is 10.0. The van der Waals surface area contributed by atoms with Crippen LogP contribution >= 0.6 is 0 Å². The van der Waals surface area contributed by atoms with Crippen molar-refractivity contribution in [3.8, 4) is 5.69 Å². The molecular weight excluding hydrogens is 384 g/mol. The number of para-hydroxylation sites is 1. The van der Waals surface area contributed by atoms with Crippen LogP contribution in [0.2, 0.25) is 0 Å². The van der Waals surface area contributed by atoms with Gasteiger partial charge in [0.05, 0.1) is 11.9 Å². The molecule has 1 saturated heterocycles. The zero-order valence-corrected chi connectivity index (χ0v) is 18.2. The van der Waals surface area contributed by atoms with Gasteiger partial charge in [0, 0.05) is 45.5 Å². The fourth-order valence-corrected chi connectivity index (χ4v) is 4.00. The number of guanidine groups is 1. The Morgan fingerprint density at radius 2 is 1.71 bits per heavy atom. The van der Waals surface area contributed by atoms with E-state index < -0.39 is 0 Å². The highest BCUT2D eigenvalue weighted by atomic mass is 15.3. The van der Waals surface area contributed by atoms with Crippen molar-refractivity contribution in [2.75, 3.05) is 26.7 Å². The SMILES string of the molecule is CN=C(NCCc1cnn(-c2ccccc2)c1)NC1CCN(Cc2ccccc2)CC1. The maximum absolute atomic E-state index is 4.47. The van der Waals surface area contributed by atoms with E-state index in [1.165, 1.54) is 11.1 Å². The second-order valence-corrected chi connectivity index (χ2v) is 8.06. The highest BCUT2D eigenvalue weighted by Crippen LogP contribution is 2.14. The third-order valence-electron chi connectivity index (χ3n) is 5.76. The Labute approximate surface area is 185 Å². The minimum atomic E-state index is 0.471. The number of piperidine rings is 1. The normalized spacial score (nSPS) is 15.7. The first-order valence-corrected chi connectivity index (χ1v) is 11.1. The van der Waals surface area contributed by atoms with Gasteiger partial charge in [-0.15, -0.1) is 0 Å². The molecule has 2 N–H and O–H groups in total. The van der Waals surface area contributed by atoms with Crippen LogP contribution in [0.3, 0.4) is 0 Å². The molecule has 0 spiro atoms. The minimum Gasteiger partial charge on any atom is -0.356 e. The molecule has 2 aromatic carbocycles. The molecule has 1 fully saturated rings. The highest BCUT2D eigenvalue weighted by molar-refractivity contribution is 5.79. The Bertz CT molecular complexity index is 942. The molecule has 6 nitrogen and oxygen atoms in total. The standard InChI is InChI=1S/C25H32N6/c1-26-25(27-15-12-22-18-28-31(20-22)24-10-6-3-7-11-24)29-23-13-16-30(17-14-23)19-21-8-4-2-5-9-21/h2-11,18,20,23H,12-17,19H2,1H3,(H2,26,27,29). The summed E-state index contributed by atoms with van der Waals surface area (Å²) in [7, 11) is 1.84. The lowest BCUT2D eigenvalue weighted by Gasteiger charge is -2.33. The van der Waals surface area contributed by atoms with Gasteiger partial charge < -0.3 is 10.6 Å². The molecular formula is C25H32N6. The van der Waals surface area contributed by atoms with Gasteiger partial charge >= 0.3 is 0 Å². The maximum Gasteiger partial charge on any atom is 0.191 e. The molecule has 0 amide bonds. The van der Waals surface area contributed by atoms with E-state index in [1.54, 1.807) is 0 Å². The van der Waals surface area contributed by atoms with Crippen LogP contribution in [0.25, 0.3) is 5.69 Å². The Balaban J connectivity index is 1.18. The van der Waals surface area contributed by atoms with Crippen molar-refractivity contribution in [1.82, 2.24) is 25.3 Å². The number of benzene rings is 2. The van der Waals surface area contributed by atoms with Crippen LogP contribution in [-0.2, 0) is 13.0 Å². The van der Waals surface area contributed by atoms with Crippen LogP contribution in [0.4, 0.5) is 0 Å². The number of hydrogen-bond donors (Lipinski definition) is 2. The second-order valence-electron chi connectivity index (χ2n) is 8.06. The number of aliphatic imine (C=N–C) groups is 1. The minimum absolute atomic E-state index is 0.471. The summed E-state index contributed by atoms with van der Waals surface area (Å²) in [5.41, 5.74) is 3.68. The summed E-state index contributed by atoms with van der Waals surface area (Å²) in [5, 5.41) is 11.5. The Hall–Kier alpha value is -3.12. The fraction of sp³-hybridized carbons (Fsp3) is 0.360. The van der Waals surface area contributed by atoms with Crippen molar-refractivity contribution in [3.63, 3.8) is 0 Å². The Kier molecular flexibility index (Phi) is 7.34. The quantitative estimate of drug-likeness (QED) is 0.459. The van der Waals surface area contributed by atoms with Crippen LogP contribution in [0.5, 0.6) is 0 Å². The van der Waals surface area contributed by atoms with Gasteiger partial charge in [-0.1, -0.05) is 48.5 Å². The van der Waals surface area contributed by atoms with Crippen molar-refractivity contribution in [2.45, 2.75) is 31.8 Å².